The normalized spacial score (nSPS) is 15.5. The number of hydrogen-bond acceptors (Lipinski definition) is 4. The highest BCUT2D eigenvalue weighted by atomic mass is 19.1. The highest BCUT2D eigenvalue weighted by molar-refractivity contribution is 5.92. The lowest BCUT2D eigenvalue weighted by molar-refractivity contribution is 0.0486. The average molecular weight is 423 g/mol. The number of rotatable bonds is 6. The van der Waals surface area contributed by atoms with Gasteiger partial charge in [-0.25, -0.2) is 9.07 Å². The standard InChI is InChI=1S/C24H26FN3O3/c1-17-3-8-22(30-2)21(15-17)28-12-9-20(27-28)23(29)26-16-24(10-13-31-14-11-24)18-4-6-19(25)7-5-18/h3-9,12,15H,10-11,13-14,16H2,1-2H3,(H,26,29). The summed E-state index contributed by atoms with van der Waals surface area (Å²) in [6.07, 6.45) is 3.26. The van der Waals surface area contributed by atoms with Crippen molar-refractivity contribution in [3.8, 4) is 11.4 Å². The predicted octanol–water partition coefficient (Wildman–Crippen LogP) is 3.81. The van der Waals surface area contributed by atoms with E-state index in [0.29, 0.717) is 31.2 Å². The lowest BCUT2D eigenvalue weighted by atomic mass is 9.74. The van der Waals surface area contributed by atoms with E-state index in [4.69, 9.17) is 9.47 Å². The third-order valence-electron chi connectivity index (χ3n) is 5.90. The van der Waals surface area contributed by atoms with Gasteiger partial charge in [0.25, 0.3) is 5.91 Å². The molecule has 0 radical (unpaired) electrons. The monoisotopic (exact) mass is 423 g/mol. The minimum atomic E-state index is -0.288. The fourth-order valence-electron chi connectivity index (χ4n) is 4.03. The number of nitrogens with one attached hydrogen (secondary N) is 1. The number of benzene rings is 2. The fourth-order valence-corrected chi connectivity index (χ4v) is 4.03. The zero-order chi connectivity index (χ0) is 21.8. The molecule has 1 saturated heterocycles. The van der Waals surface area contributed by atoms with Gasteiger partial charge in [-0.15, -0.1) is 0 Å². The fraction of sp³-hybridized carbons (Fsp3) is 0.333. The van der Waals surface area contributed by atoms with E-state index in [9.17, 15) is 9.18 Å². The van der Waals surface area contributed by atoms with Gasteiger partial charge in [0.2, 0.25) is 0 Å². The van der Waals surface area contributed by atoms with Crippen molar-refractivity contribution in [2.45, 2.75) is 25.2 Å². The number of ether oxygens (including phenoxy) is 2. The first-order valence-electron chi connectivity index (χ1n) is 10.3. The van der Waals surface area contributed by atoms with E-state index in [-0.39, 0.29) is 17.1 Å². The Bertz CT molecular complexity index is 1060. The number of hydrogen-bond donors (Lipinski definition) is 1. The van der Waals surface area contributed by atoms with Crippen LogP contribution in [0.5, 0.6) is 5.75 Å². The molecule has 0 atom stereocenters. The van der Waals surface area contributed by atoms with Crippen LogP contribution in [0.15, 0.2) is 54.7 Å². The molecule has 3 aromatic rings. The van der Waals surface area contributed by atoms with Crippen LogP contribution >= 0.6 is 0 Å². The van der Waals surface area contributed by atoms with Crippen molar-refractivity contribution in [2.75, 3.05) is 26.9 Å². The number of carbonyl (C=O) groups excluding carboxylic acids is 1. The van der Waals surface area contributed by atoms with Crippen molar-refractivity contribution in [1.29, 1.82) is 0 Å². The van der Waals surface area contributed by atoms with Gasteiger partial charge in [0, 0.05) is 31.4 Å². The van der Waals surface area contributed by atoms with Crippen molar-refractivity contribution >= 4 is 5.91 Å². The SMILES string of the molecule is COc1ccc(C)cc1-n1ccc(C(=O)NCC2(c3ccc(F)cc3)CCOCC2)n1. The van der Waals surface area contributed by atoms with Crippen LogP contribution in [0.3, 0.4) is 0 Å². The topological polar surface area (TPSA) is 65.4 Å². The lowest BCUT2D eigenvalue weighted by Gasteiger charge is -2.37. The van der Waals surface area contributed by atoms with Crippen LogP contribution in [-0.4, -0.2) is 42.6 Å². The maximum atomic E-state index is 13.4. The summed E-state index contributed by atoms with van der Waals surface area (Å²) in [6.45, 7) is 3.63. The smallest absolute Gasteiger partial charge is 0.271 e. The molecule has 2 aromatic carbocycles. The molecular formula is C24H26FN3O3. The van der Waals surface area contributed by atoms with Gasteiger partial charge in [0.05, 0.1) is 7.11 Å². The lowest BCUT2D eigenvalue weighted by Crippen LogP contribution is -2.44. The molecule has 31 heavy (non-hydrogen) atoms. The summed E-state index contributed by atoms with van der Waals surface area (Å²) in [5.74, 6) is 0.156. The Morgan fingerprint density at radius 2 is 1.94 bits per heavy atom. The number of halogens is 1. The number of methoxy groups -OCH3 is 1. The third kappa shape index (κ3) is 4.46. The summed E-state index contributed by atoms with van der Waals surface area (Å²) in [4.78, 5) is 12.9. The Morgan fingerprint density at radius 3 is 2.65 bits per heavy atom. The summed E-state index contributed by atoms with van der Waals surface area (Å²) in [6, 6.07) is 14.0. The highest BCUT2D eigenvalue weighted by Crippen LogP contribution is 2.34. The van der Waals surface area contributed by atoms with Gasteiger partial charge >= 0.3 is 0 Å². The molecule has 0 bridgehead atoms. The Hall–Kier alpha value is -3.19. The molecule has 1 amide bonds. The number of amides is 1. The summed E-state index contributed by atoms with van der Waals surface area (Å²) in [5, 5.41) is 7.48. The van der Waals surface area contributed by atoms with Gasteiger partial charge in [0.15, 0.2) is 5.69 Å². The summed E-state index contributed by atoms with van der Waals surface area (Å²) in [7, 11) is 1.61. The van der Waals surface area contributed by atoms with Gasteiger partial charge < -0.3 is 14.8 Å². The quantitative estimate of drug-likeness (QED) is 0.655. The van der Waals surface area contributed by atoms with Crippen LogP contribution in [0, 0.1) is 12.7 Å². The number of aromatic nitrogens is 2. The summed E-state index contributed by atoms with van der Waals surface area (Å²) < 4.78 is 26.0. The molecule has 1 aliphatic heterocycles. The molecule has 0 unspecified atom stereocenters. The van der Waals surface area contributed by atoms with Gasteiger partial charge in [-0.3, -0.25) is 4.79 Å². The van der Waals surface area contributed by atoms with Gasteiger partial charge in [-0.2, -0.15) is 5.10 Å². The Kier molecular flexibility index (Phi) is 6.04. The first-order chi connectivity index (χ1) is 15.0. The van der Waals surface area contributed by atoms with Crippen LogP contribution in [0.2, 0.25) is 0 Å². The molecular weight excluding hydrogens is 397 g/mol. The van der Waals surface area contributed by atoms with Crippen molar-refractivity contribution in [1.82, 2.24) is 15.1 Å². The van der Waals surface area contributed by atoms with Crippen LogP contribution in [0.25, 0.3) is 5.69 Å². The van der Waals surface area contributed by atoms with E-state index in [1.807, 2.05) is 25.1 Å². The first kappa shape index (κ1) is 21.1. The molecule has 2 heterocycles. The molecule has 1 aromatic heterocycles. The van der Waals surface area contributed by atoms with Gasteiger partial charge in [-0.05, 0) is 61.2 Å². The first-order valence-corrected chi connectivity index (χ1v) is 10.3. The minimum Gasteiger partial charge on any atom is -0.494 e. The van der Waals surface area contributed by atoms with Crippen LogP contribution in [0.4, 0.5) is 4.39 Å². The number of nitrogens with zero attached hydrogens (tertiary/aromatic N) is 2. The summed E-state index contributed by atoms with van der Waals surface area (Å²) in [5.41, 5.74) is 2.88. The van der Waals surface area contributed by atoms with E-state index in [2.05, 4.69) is 10.4 Å². The Labute approximate surface area is 181 Å². The second-order valence-electron chi connectivity index (χ2n) is 7.90. The molecule has 4 rings (SSSR count). The minimum absolute atomic E-state index is 0.252. The average Bonchev–Trinajstić information content (AvgIpc) is 3.29. The Balaban J connectivity index is 1.52. The highest BCUT2D eigenvalue weighted by Gasteiger charge is 2.35. The van der Waals surface area contributed by atoms with E-state index in [0.717, 1.165) is 29.7 Å². The molecule has 0 aliphatic carbocycles. The van der Waals surface area contributed by atoms with Crippen LogP contribution in [0.1, 0.15) is 34.5 Å². The molecule has 1 N–H and O–H groups in total. The van der Waals surface area contributed by atoms with Crippen molar-refractivity contribution < 1.29 is 18.7 Å². The van der Waals surface area contributed by atoms with Crippen molar-refractivity contribution in [3.05, 3.63) is 77.4 Å². The van der Waals surface area contributed by atoms with Crippen molar-refractivity contribution in [3.63, 3.8) is 0 Å². The molecule has 162 valence electrons. The zero-order valence-corrected chi connectivity index (χ0v) is 17.7. The molecule has 6 nitrogen and oxygen atoms in total. The Morgan fingerprint density at radius 1 is 1.19 bits per heavy atom. The molecule has 1 aliphatic rings. The second-order valence-corrected chi connectivity index (χ2v) is 7.90. The molecule has 7 heteroatoms. The van der Waals surface area contributed by atoms with E-state index in [1.54, 1.807) is 36.2 Å². The largest absolute Gasteiger partial charge is 0.494 e. The predicted molar refractivity (Wildman–Crippen MR) is 115 cm³/mol. The van der Waals surface area contributed by atoms with E-state index in [1.165, 1.54) is 12.1 Å². The van der Waals surface area contributed by atoms with Gasteiger partial charge in [-0.1, -0.05) is 18.2 Å². The third-order valence-corrected chi connectivity index (χ3v) is 5.90. The number of carbonyl (C=O) groups is 1. The number of aryl methyl sites for hydroxylation is 1. The molecule has 1 fully saturated rings. The summed E-state index contributed by atoms with van der Waals surface area (Å²) >= 11 is 0. The second kappa shape index (κ2) is 8.89. The zero-order valence-electron chi connectivity index (χ0n) is 17.7. The maximum absolute atomic E-state index is 13.4. The van der Waals surface area contributed by atoms with E-state index < -0.39 is 0 Å². The van der Waals surface area contributed by atoms with Gasteiger partial charge in [0.1, 0.15) is 17.3 Å². The molecule has 0 saturated carbocycles. The maximum Gasteiger partial charge on any atom is 0.271 e. The van der Waals surface area contributed by atoms with Crippen molar-refractivity contribution in [2.24, 2.45) is 0 Å². The van der Waals surface area contributed by atoms with Crippen LogP contribution in [-0.2, 0) is 10.2 Å². The molecule has 0 spiro atoms. The van der Waals surface area contributed by atoms with E-state index >= 15 is 0 Å². The van der Waals surface area contributed by atoms with Crippen LogP contribution < -0.4 is 10.1 Å².